The lowest BCUT2D eigenvalue weighted by Gasteiger charge is -2.35. The maximum atomic E-state index is 12.2. The van der Waals surface area contributed by atoms with Crippen molar-refractivity contribution in [3.05, 3.63) is 29.8 Å². The van der Waals surface area contributed by atoms with Crippen molar-refractivity contribution in [3.8, 4) is 0 Å². The quantitative estimate of drug-likeness (QED) is 0.778. The van der Waals surface area contributed by atoms with Crippen LogP contribution in [0.25, 0.3) is 0 Å². The first kappa shape index (κ1) is 13.6. The highest BCUT2D eigenvalue weighted by molar-refractivity contribution is 6.41. The SMILES string of the molecule is Cc1ccccc1N1CCN(CC(C)C)C(=O)C1=O. The van der Waals surface area contributed by atoms with Gasteiger partial charge in [0, 0.05) is 25.3 Å². The molecule has 102 valence electrons. The number of amides is 2. The molecule has 2 rings (SSSR count). The number of anilines is 1. The predicted molar refractivity (Wildman–Crippen MR) is 75.0 cm³/mol. The van der Waals surface area contributed by atoms with Crippen LogP contribution in [0, 0.1) is 12.8 Å². The Morgan fingerprint density at radius 1 is 1.11 bits per heavy atom. The number of hydrogen-bond donors (Lipinski definition) is 0. The van der Waals surface area contributed by atoms with E-state index >= 15 is 0 Å². The van der Waals surface area contributed by atoms with Crippen molar-refractivity contribution in [3.63, 3.8) is 0 Å². The van der Waals surface area contributed by atoms with E-state index in [-0.39, 0.29) is 5.91 Å². The highest BCUT2D eigenvalue weighted by Crippen LogP contribution is 2.22. The van der Waals surface area contributed by atoms with Crippen LogP contribution in [0.4, 0.5) is 5.69 Å². The molecule has 1 aliphatic rings. The second-order valence-corrected chi connectivity index (χ2v) is 5.39. The third kappa shape index (κ3) is 2.78. The monoisotopic (exact) mass is 260 g/mol. The fraction of sp³-hybridized carbons (Fsp3) is 0.467. The number of nitrogens with zero attached hydrogens (tertiary/aromatic N) is 2. The molecule has 0 bridgehead atoms. The van der Waals surface area contributed by atoms with Crippen LogP contribution in [0.3, 0.4) is 0 Å². The van der Waals surface area contributed by atoms with Gasteiger partial charge in [-0.05, 0) is 24.5 Å². The Kier molecular flexibility index (Phi) is 3.88. The summed E-state index contributed by atoms with van der Waals surface area (Å²) in [5, 5.41) is 0. The van der Waals surface area contributed by atoms with E-state index in [0.29, 0.717) is 25.6 Å². The van der Waals surface area contributed by atoms with E-state index in [2.05, 4.69) is 0 Å². The molecule has 1 heterocycles. The lowest BCUT2D eigenvalue weighted by Crippen LogP contribution is -2.55. The molecule has 0 atom stereocenters. The normalized spacial score (nSPS) is 16.4. The van der Waals surface area contributed by atoms with Gasteiger partial charge in [0.2, 0.25) is 0 Å². The van der Waals surface area contributed by atoms with E-state index < -0.39 is 5.91 Å². The fourth-order valence-electron chi connectivity index (χ4n) is 2.39. The molecule has 1 fully saturated rings. The highest BCUT2D eigenvalue weighted by atomic mass is 16.2. The summed E-state index contributed by atoms with van der Waals surface area (Å²) in [5.74, 6) is -0.425. The maximum absolute atomic E-state index is 12.2. The van der Waals surface area contributed by atoms with Crippen molar-refractivity contribution in [1.82, 2.24) is 4.90 Å². The molecule has 0 spiro atoms. The second-order valence-electron chi connectivity index (χ2n) is 5.39. The molecule has 0 aliphatic carbocycles. The Bertz CT molecular complexity index is 497. The van der Waals surface area contributed by atoms with E-state index in [0.717, 1.165) is 11.3 Å². The molecule has 4 heteroatoms. The lowest BCUT2D eigenvalue weighted by molar-refractivity contribution is -0.146. The van der Waals surface area contributed by atoms with Crippen molar-refractivity contribution in [2.45, 2.75) is 20.8 Å². The molecule has 1 saturated heterocycles. The van der Waals surface area contributed by atoms with Crippen LogP contribution in [0.5, 0.6) is 0 Å². The van der Waals surface area contributed by atoms with Crippen molar-refractivity contribution in [1.29, 1.82) is 0 Å². The summed E-state index contributed by atoms with van der Waals surface area (Å²) in [4.78, 5) is 27.5. The zero-order valence-corrected chi connectivity index (χ0v) is 11.7. The zero-order chi connectivity index (χ0) is 14.0. The van der Waals surface area contributed by atoms with Gasteiger partial charge >= 0.3 is 11.8 Å². The molecule has 2 amide bonds. The lowest BCUT2D eigenvalue weighted by atomic mass is 10.1. The average Bonchev–Trinajstić information content (AvgIpc) is 2.36. The Hall–Kier alpha value is -1.84. The minimum absolute atomic E-state index is 0.377. The van der Waals surface area contributed by atoms with Crippen molar-refractivity contribution < 1.29 is 9.59 Å². The fourth-order valence-corrected chi connectivity index (χ4v) is 2.39. The zero-order valence-electron chi connectivity index (χ0n) is 11.7. The summed E-state index contributed by atoms with van der Waals surface area (Å²) < 4.78 is 0. The van der Waals surface area contributed by atoms with Gasteiger partial charge in [0.1, 0.15) is 0 Å². The average molecular weight is 260 g/mol. The van der Waals surface area contributed by atoms with Crippen LogP contribution >= 0.6 is 0 Å². The molecule has 4 nitrogen and oxygen atoms in total. The van der Waals surface area contributed by atoms with E-state index in [1.54, 1.807) is 9.80 Å². The van der Waals surface area contributed by atoms with Gasteiger partial charge in [-0.3, -0.25) is 9.59 Å². The molecule has 0 radical (unpaired) electrons. The van der Waals surface area contributed by atoms with E-state index in [1.807, 2.05) is 45.0 Å². The Labute approximate surface area is 114 Å². The maximum Gasteiger partial charge on any atom is 0.316 e. The van der Waals surface area contributed by atoms with Gasteiger partial charge < -0.3 is 9.80 Å². The minimum atomic E-state index is -0.416. The Balaban J connectivity index is 2.18. The summed E-state index contributed by atoms with van der Waals surface area (Å²) in [7, 11) is 0. The second kappa shape index (κ2) is 5.43. The molecule has 19 heavy (non-hydrogen) atoms. The molecule has 0 aromatic heterocycles. The third-order valence-corrected chi connectivity index (χ3v) is 3.30. The predicted octanol–water partition coefficient (Wildman–Crippen LogP) is 1.83. The molecular weight excluding hydrogens is 240 g/mol. The molecular formula is C15H20N2O2. The molecule has 0 unspecified atom stereocenters. The summed E-state index contributed by atoms with van der Waals surface area (Å²) in [5.41, 5.74) is 1.85. The first-order valence-electron chi connectivity index (χ1n) is 6.67. The van der Waals surface area contributed by atoms with Gasteiger partial charge in [0.15, 0.2) is 0 Å². The number of benzene rings is 1. The molecule has 1 aromatic rings. The largest absolute Gasteiger partial charge is 0.332 e. The first-order valence-corrected chi connectivity index (χ1v) is 6.67. The smallest absolute Gasteiger partial charge is 0.316 e. The molecule has 0 saturated carbocycles. The van der Waals surface area contributed by atoms with Crippen LogP contribution in [0.1, 0.15) is 19.4 Å². The number of hydrogen-bond acceptors (Lipinski definition) is 2. The molecule has 1 aliphatic heterocycles. The van der Waals surface area contributed by atoms with Crippen molar-refractivity contribution in [2.75, 3.05) is 24.5 Å². The first-order chi connectivity index (χ1) is 9.00. The van der Waals surface area contributed by atoms with Crippen LogP contribution in [0.2, 0.25) is 0 Å². The third-order valence-electron chi connectivity index (χ3n) is 3.30. The van der Waals surface area contributed by atoms with Crippen molar-refractivity contribution >= 4 is 17.5 Å². The Morgan fingerprint density at radius 2 is 1.79 bits per heavy atom. The van der Waals surface area contributed by atoms with Crippen LogP contribution in [0.15, 0.2) is 24.3 Å². The van der Waals surface area contributed by atoms with E-state index in [9.17, 15) is 9.59 Å². The van der Waals surface area contributed by atoms with Gasteiger partial charge in [-0.2, -0.15) is 0 Å². The van der Waals surface area contributed by atoms with Gasteiger partial charge in [-0.1, -0.05) is 32.0 Å². The molecule has 0 N–H and O–H groups in total. The summed E-state index contributed by atoms with van der Waals surface area (Å²) >= 11 is 0. The molecule has 1 aromatic carbocycles. The number of para-hydroxylation sites is 1. The topological polar surface area (TPSA) is 40.6 Å². The van der Waals surface area contributed by atoms with Crippen LogP contribution < -0.4 is 4.90 Å². The highest BCUT2D eigenvalue weighted by Gasteiger charge is 2.33. The van der Waals surface area contributed by atoms with Crippen LogP contribution in [-0.4, -0.2) is 36.3 Å². The van der Waals surface area contributed by atoms with E-state index in [1.165, 1.54) is 0 Å². The number of carbonyl (C=O) groups excluding carboxylic acids is 2. The number of rotatable bonds is 3. The number of piperazine rings is 1. The van der Waals surface area contributed by atoms with Gasteiger partial charge in [-0.15, -0.1) is 0 Å². The summed E-state index contributed by atoms with van der Waals surface area (Å²) in [6.07, 6.45) is 0. The Morgan fingerprint density at radius 3 is 2.42 bits per heavy atom. The van der Waals surface area contributed by atoms with Gasteiger partial charge in [0.25, 0.3) is 0 Å². The van der Waals surface area contributed by atoms with Crippen molar-refractivity contribution in [2.24, 2.45) is 5.92 Å². The number of carbonyl (C=O) groups is 2. The van der Waals surface area contributed by atoms with E-state index in [4.69, 9.17) is 0 Å². The van der Waals surface area contributed by atoms with Crippen LogP contribution in [-0.2, 0) is 9.59 Å². The minimum Gasteiger partial charge on any atom is -0.332 e. The summed E-state index contributed by atoms with van der Waals surface area (Å²) in [6.45, 7) is 7.87. The van der Waals surface area contributed by atoms with Gasteiger partial charge in [0.05, 0.1) is 0 Å². The van der Waals surface area contributed by atoms with Gasteiger partial charge in [-0.25, -0.2) is 0 Å². The number of aryl methyl sites for hydroxylation is 1. The summed E-state index contributed by atoms with van der Waals surface area (Å²) in [6, 6.07) is 7.66. The standard InChI is InChI=1S/C15H20N2O2/c1-11(2)10-16-8-9-17(15(19)14(16)18)13-7-5-4-6-12(13)3/h4-7,11H,8-10H2,1-3H3.